The zero-order valence-electron chi connectivity index (χ0n) is 16.6. The topological polar surface area (TPSA) is 38.0 Å². The molecule has 0 saturated carbocycles. The molecule has 27 heavy (non-hydrogen) atoms. The minimum atomic E-state index is -0.759. The van der Waals surface area contributed by atoms with Gasteiger partial charge in [-0.2, -0.15) is 0 Å². The van der Waals surface area contributed by atoms with Gasteiger partial charge in [-0.25, -0.2) is 5.43 Å². The SMILES string of the molecule is C=CC(=C)C(C=C)(NN)c1cc2ccccc2c2ccccc12.CC(C)C. The van der Waals surface area contributed by atoms with Crippen molar-refractivity contribution in [2.24, 2.45) is 11.8 Å². The fourth-order valence-corrected chi connectivity index (χ4v) is 3.18. The number of hydrogen-bond acceptors (Lipinski definition) is 2. The molecule has 3 aromatic rings. The lowest BCUT2D eigenvalue weighted by atomic mass is 9.80. The Balaban J connectivity index is 0.000000596. The number of rotatable bonds is 5. The van der Waals surface area contributed by atoms with Crippen LogP contribution in [-0.2, 0) is 5.54 Å². The molecule has 3 rings (SSSR count). The van der Waals surface area contributed by atoms with E-state index in [0.717, 1.165) is 27.8 Å². The molecule has 1 atom stereocenters. The molecule has 0 fully saturated rings. The first-order valence-corrected chi connectivity index (χ1v) is 9.25. The summed E-state index contributed by atoms with van der Waals surface area (Å²) in [6.45, 7) is 18.5. The first kappa shape index (κ1) is 20.6. The van der Waals surface area contributed by atoms with E-state index in [1.807, 2.05) is 18.2 Å². The summed E-state index contributed by atoms with van der Waals surface area (Å²) in [5.74, 6) is 6.77. The Morgan fingerprint density at radius 2 is 1.48 bits per heavy atom. The van der Waals surface area contributed by atoms with E-state index in [1.165, 1.54) is 10.8 Å². The van der Waals surface area contributed by atoms with Gasteiger partial charge in [0.25, 0.3) is 0 Å². The quantitative estimate of drug-likeness (QED) is 0.186. The van der Waals surface area contributed by atoms with E-state index < -0.39 is 5.54 Å². The van der Waals surface area contributed by atoms with Crippen molar-refractivity contribution in [2.45, 2.75) is 26.3 Å². The van der Waals surface area contributed by atoms with Gasteiger partial charge in [0.05, 0.1) is 5.54 Å². The molecule has 0 bridgehead atoms. The summed E-state index contributed by atoms with van der Waals surface area (Å²) in [4.78, 5) is 0. The monoisotopic (exact) mass is 358 g/mol. The van der Waals surface area contributed by atoms with E-state index in [4.69, 9.17) is 5.84 Å². The third kappa shape index (κ3) is 4.02. The maximum Gasteiger partial charge on any atom is 0.0998 e. The van der Waals surface area contributed by atoms with Crippen LogP contribution >= 0.6 is 0 Å². The molecule has 0 heterocycles. The average molecular weight is 359 g/mol. The Bertz CT molecular complexity index is 966. The fraction of sp³-hybridized carbons (Fsp3) is 0.200. The molecule has 2 nitrogen and oxygen atoms in total. The van der Waals surface area contributed by atoms with Gasteiger partial charge < -0.3 is 0 Å². The predicted molar refractivity (Wildman–Crippen MR) is 121 cm³/mol. The Kier molecular flexibility index (Phi) is 6.73. The Morgan fingerprint density at radius 1 is 0.963 bits per heavy atom. The third-order valence-electron chi connectivity index (χ3n) is 4.48. The van der Waals surface area contributed by atoms with Crippen molar-refractivity contribution >= 4 is 21.5 Å². The second-order valence-electron chi connectivity index (χ2n) is 7.31. The number of nitrogens with two attached hydrogens (primary N) is 1. The molecule has 0 aliphatic carbocycles. The summed E-state index contributed by atoms with van der Waals surface area (Å²) < 4.78 is 0. The number of hydrazine groups is 1. The van der Waals surface area contributed by atoms with Gasteiger partial charge in [-0.1, -0.05) is 94.6 Å². The van der Waals surface area contributed by atoms with Gasteiger partial charge in [-0.3, -0.25) is 5.84 Å². The fourth-order valence-electron chi connectivity index (χ4n) is 3.18. The molecule has 0 aliphatic rings. The van der Waals surface area contributed by atoms with Crippen molar-refractivity contribution in [1.82, 2.24) is 5.43 Å². The molecular weight excluding hydrogens is 328 g/mol. The molecule has 3 N–H and O–H groups in total. The van der Waals surface area contributed by atoms with Crippen LogP contribution in [0.1, 0.15) is 26.3 Å². The predicted octanol–water partition coefficient (Wildman–Crippen LogP) is 6.24. The van der Waals surface area contributed by atoms with Crippen molar-refractivity contribution in [3.63, 3.8) is 0 Å². The number of nitrogens with one attached hydrogen (secondary N) is 1. The van der Waals surface area contributed by atoms with E-state index in [2.05, 4.69) is 82.3 Å². The van der Waals surface area contributed by atoms with E-state index in [1.54, 1.807) is 12.2 Å². The number of benzene rings is 3. The second-order valence-corrected chi connectivity index (χ2v) is 7.31. The molecule has 2 heteroatoms. The van der Waals surface area contributed by atoms with Crippen molar-refractivity contribution in [3.8, 4) is 0 Å². The van der Waals surface area contributed by atoms with Gasteiger partial charge in [0.2, 0.25) is 0 Å². The molecular formula is C25H30N2. The van der Waals surface area contributed by atoms with Crippen LogP contribution in [0, 0.1) is 5.92 Å². The zero-order chi connectivity index (χ0) is 20.0. The van der Waals surface area contributed by atoms with Crippen LogP contribution in [0.15, 0.2) is 92.1 Å². The average Bonchev–Trinajstić information content (AvgIpc) is 2.68. The van der Waals surface area contributed by atoms with Gasteiger partial charge in [0, 0.05) is 0 Å². The highest BCUT2D eigenvalue weighted by Gasteiger charge is 2.31. The summed E-state index contributed by atoms with van der Waals surface area (Å²) in [5, 5.41) is 4.66. The van der Waals surface area contributed by atoms with Gasteiger partial charge in [-0.05, 0) is 44.7 Å². The Morgan fingerprint density at radius 3 is 2.00 bits per heavy atom. The van der Waals surface area contributed by atoms with Crippen LogP contribution in [0.3, 0.4) is 0 Å². The minimum Gasteiger partial charge on any atom is -0.270 e. The third-order valence-corrected chi connectivity index (χ3v) is 4.48. The smallest absolute Gasteiger partial charge is 0.0998 e. The highest BCUT2D eigenvalue weighted by Crippen LogP contribution is 2.38. The van der Waals surface area contributed by atoms with Crippen molar-refractivity contribution in [3.05, 3.63) is 97.6 Å². The molecule has 0 aromatic heterocycles. The summed E-state index contributed by atoms with van der Waals surface area (Å²) in [7, 11) is 0. The normalized spacial score (nSPS) is 12.9. The van der Waals surface area contributed by atoms with Crippen LogP contribution in [0.2, 0.25) is 0 Å². The molecule has 3 aromatic carbocycles. The maximum absolute atomic E-state index is 5.93. The summed E-state index contributed by atoms with van der Waals surface area (Å²) >= 11 is 0. The lowest BCUT2D eigenvalue weighted by molar-refractivity contribution is 0.512. The van der Waals surface area contributed by atoms with Crippen LogP contribution in [0.25, 0.3) is 21.5 Å². The molecule has 0 spiro atoms. The van der Waals surface area contributed by atoms with Gasteiger partial charge in [-0.15, -0.1) is 6.58 Å². The van der Waals surface area contributed by atoms with Crippen LogP contribution in [-0.4, -0.2) is 0 Å². The van der Waals surface area contributed by atoms with Crippen molar-refractivity contribution < 1.29 is 0 Å². The lowest BCUT2D eigenvalue weighted by Gasteiger charge is -2.33. The standard InChI is InChI=1S/C21H20N2.C4H10/c1-4-15(3)21(5-2,23-22)20-14-16-10-6-7-11-17(16)18-12-8-9-13-19(18)20;1-4(2)3/h4-14,23H,1-3,22H2;4H,1-3H3. The Labute approximate surface area is 163 Å². The number of fused-ring (bicyclic) bond motifs is 3. The van der Waals surface area contributed by atoms with Crippen molar-refractivity contribution in [1.29, 1.82) is 0 Å². The van der Waals surface area contributed by atoms with E-state index >= 15 is 0 Å². The van der Waals surface area contributed by atoms with Crippen LogP contribution < -0.4 is 11.3 Å². The summed E-state index contributed by atoms with van der Waals surface area (Å²) in [6.07, 6.45) is 3.50. The first-order chi connectivity index (χ1) is 12.9. The highest BCUT2D eigenvalue weighted by atomic mass is 15.3. The van der Waals surface area contributed by atoms with E-state index in [9.17, 15) is 0 Å². The van der Waals surface area contributed by atoms with Gasteiger partial charge in [0.1, 0.15) is 0 Å². The van der Waals surface area contributed by atoms with Crippen LogP contribution in [0.4, 0.5) is 0 Å². The van der Waals surface area contributed by atoms with Crippen molar-refractivity contribution in [2.75, 3.05) is 0 Å². The molecule has 1 unspecified atom stereocenters. The molecule has 0 amide bonds. The van der Waals surface area contributed by atoms with Gasteiger partial charge >= 0.3 is 0 Å². The Hall–Kier alpha value is -2.68. The highest BCUT2D eigenvalue weighted by molar-refractivity contribution is 6.09. The molecule has 0 aliphatic heterocycles. The number of hydrogen-bond donors (Lipinski definition) is 2. The molecule has 0 radical (unpaired) electrons. The largest absolute Gasteiger partial charge is 0.270 e. The summed E-state index contributed by atoms with van der Waals surface area (Å²) in [5.41, 5.74) is 3.92. The maximum atomic E-state index is 5.93. The molecule has 140 valence electrons. The van der Waals surface area contributed by atoms with Gasteiger partial charge in [0.15, 0.2) is 0 Å². The summed E-state index contributed by atoms with van der Waals surface area (Å²) in [6, 6.07) is 18.8. The first-order valence-electron chi connectivity index (χ1n) is 9.25. The molecule has 0 saturated heterocycles. The lowest BCUT2D eigenvalue weighted by Crippen LogP contribution is -2.46. The zero-order valence-corrected chi connectivity index (χ0v) is 16.6. The van der Waals surface area contributed by atoms with E-state index in [-0.39, 0.29) is 0 Å². The van der Waals surface area contributed by atoms with E-state index in [0.29, 0.717) is 0 Å². The second kappa shape index (κ2) is 8.81. The minimum absolute atomic E-state index is 0.759. The van der Waals surface area contributed by atoms with Crippen LogP contribution in [0.5, 0.6) is 0 Å².